The Morgan fingerprint density at radius 1 is 0.529 bits per heavy atom. The van der Waals surface area contributed by atoms with E-state index < -0.39 is 58.1 Å². The third kappa shape index (κ3) is 10.9. The molecule has 6 atom stereocenters. The van der Waals surface area contributed by atoms with Gasteiger partial charge in [-0.15, -0.1) is 11.6 Å². The van der Waals surface area contributed by atoms with Crippen molar-refractivity contribution >= 4 is 47.4 Å². The number of carbonyl (C=O) groups is 6. The maximum absolute atomic E-state index is 12.5. The summed E-state index contributed by atoms with van der Waals surface area (Å²) in [6.07, 6.45) is 15.4. The van der Waals surface area contributed by atoms with Crippen LogP contribution in [0.25, 0.3) is 0 Å². The number of hydrogen-bond acceptors (Lipinski definition) is 14. The Labute approximate surface area is 403 Å². The van der Waals surface area contributed by atoms with E-state index in [2.05, 4.69) is 19.7 Å². The number of aliphatic hydroxyl groups is 1. The summed E-state index contributed by atoms with van der Waals surface area (Å²) in [6, 6.07) is 5.58. The molecule has 68 heavy (non-hydrogen) atoms. The first-order valence-electron chi connectivity index (χ1n) is 24.3. The molecular weight excluding hydrogens is 896 g/mol. The zero-order valence-corrected chi connectivity index (χ0v) is 40.5. The summed E-state index contributed by atoms with van der Waals surface area (Å²) in [4.78, 5) is 72.1. The topological polar surface area (TPSA) is 198 Å². The van der Waals surface area contributed by atoms with Crippen LogP contribution in [-0.2, 0) is 52.4 Å². The first-order valence-corrected chi connectivity index (χ1v) is 24.8. The van der Waals surface area contributed by atoms with Crippen molar-refractivity contribution in [1.29, 1.82) is 0 Å². The Hall–Kier alpha value is -4.69. The van der Waals surface area contributed by atoms with Crippen molar-refractivity contribution < 1.29 is 67.4 Å². The van der Waals surface area contributed by atoms with Gasteiger partial charge < -0.3 is 38.6 Å². The number of rotatable bonds is 12. The summed E-state index contributed by atoms with van der Waals surface area (Å²) < 4.78 is 33.9. The minimum atomic E-state index is -0.679. The van der Waals surface area contributed by atoms with Crippen molar-refractivity contribution in [3.8, 4) is 5.75 Å². The first kappa shape index (κ1) is 49.7. The van der Waals surface area contributed by atoms with E-state index in [9.17, 15) is 39.0 Å². The third-order valence-corrected chi connectivity index (χ3v) is 16.3. The molecule has 14 nitrogen and oxygen atoms in total. The predicted molar refractivity (Wildman–Crippen MR) is 247 cm³/mol. The van der Waals surface area contributed by atoms with Gasteiger partial charge in [0.05, 0.1) is 11.2 Å². The molecule has 0 spiro atoms. The fourth-order valence-corrected chi connectivity index (χ4v) is 15.2. The van der Waals surface area contributed by atoms with E-state index >= 15 is 0 Å². The molecule has 1 aromatic rings. The van der Waals surface area contributed by atoms with Gasteiger partial charge in [-0.05, 0) is 177 Å². The second kappa shape index (κ2) is 18.6. The second-order valence-electron chi connectivity index (χ2n) is 22.7. The third-order valence-electron chi connectivity index (χ3n) is 16.1. The number of phenolic OH excluding ortho intramolecular Hbond substituents is 1. The standard InChI is InChI=1S/C23H26O7.C16H21ClO4.C14H20O3/c1-14(2)20(26)30-23-10-15-7-16(11-23)9-22(8-15,13-23)29-19(25)12-28-21(27)17-3-5-18(24)6-4-17;1-10(2)14(19)21-16-6-11-3-12(7-16)5-15(4-11,9-16)20-13(18)8-17;1-9(2)12(15)17-14-6-10-3-11(7-14)5-13(16,4-10)8-14/h3-6,15-16,24H,1,7-13H2,2H3;11-12H,1,3-9H2,2H3;10-11,16H,1,3-8H2,2H3. The molecule has 0 heterocycles. The number of benzene rings is 1. The maximum Gasteiger partial charge on any atom is 0.344 e. The van der Waals surface area contributed by atoms with Gasteiger partial charge in [-0.25, -0.2) is 24.0 Å². The second-order valence-corrected chi connectivity index (χ2v) is 23.0. The van der Waals surface area contributed by atoms with Crippen molar-refractivity contribution in [3.63, 3.8) is 0 Å². The molecule has 12 aliphatic rings. The Kier molecular flexibility index (Phi) is 13.6. The molecule has 13 rings (SSSR count). The van der Waals surface area contributed by atoms with Crippen molar-refractivity contribution in [1.82, 2.24) is 0 Å². The van der Waals surface area contributed by atoms with Gasteiger partial charge in [0.15, 0.2) is 6.61 Å². The predicted octanol–water partition coefficient (Wildman–Crippen LogP) is 8.47. The quantitative estimate of drug-likeness (QED) is 0.0875. The van der Waals surface area contributed by atoms with Crippen LogP contribution in [0.5, 0.6) is 5.75 Å². The first-order chi connectivity index (χ1) is 31.9. The van der Waals surface area contributed by atoms with E-state index in [1.165, 1.54) is 30.7 Å². The Bertz CT molecular complexity index is 2200. The highest BCUT2D eigenvalue weighted by molar-refractivity contribution is 6.26. The van der Waals surface area contributed by atoms with E-state index in [4.69, 9.17) is 40.0 Å². The number of halogens is 1. The molecule has 0 radical (unpaired) electrons. The molecule has 370 valence electrons. The Morgan fingerprint density at radius 2 is 0.853 bits per heavy atom. The molecule has 12 bridgehead atoms. The number of aromatic hydroxyl groups is 1. The summed E-state index contributed by atoms with van der Waals surface area (Å²) in [5.41, 5.74) is -1.75. The van der Waals surface area contributed by atoms with Crippen LogP contribution in [0.1, 0.15) is 147 Å². The summed E-state index contributed by atoms with van der Waals surface area (Å²) in [5.74, 6) is -0.0716. The molecule has 12 fully saturated rings. The maximum atomic E-state index is 12.5. The van der Waals surface area contributed by atoms with E-state index in [1.807, 2.05) is 0 Å². The van der Waals surface area contributed by atoms with Gasteiger partial charge in [-0.3, -0.25) is 4.79 Å². The van der Waals surface area contributed by atoms with Crippen LogP contribution in [0.2, 0.25) is 0 Å². The normalized spacial score (nSPS) is 37.8. The molecule has 2 N–H and O–H groups in total. The fourth-order valence-electron chi connectivity index (χ4n) is 15.1. The molecule has 0 aliphatic heterocycles. The average Bonchev–Trinajstić information content (AvgIpc) is 3.20. The highest BCUT2D eigenvalue weighted by Crippen LogP contribution is 2.62. The summed E-state index contributed by atoms with van der Waals surface area (Å²) in [7, 11) is 0. The van der Waals surface area contributed by atoms with Crippen LogP contribution in [0.3, 0.4) is 0 Å². The van der Waals surface area contributed by atoms with Crippen molar-refractivity contribution in [3.05, 3.63) is 66.3 Å². The van der Waals surface area contributed by atoms with Gasteiger partial charge in [0, 0.05) is 36.0 Å². The van der Waals surface area contributed by atoms with Gasteiger partial charge in [0.25, 0.3) is 0 Å². The van der Waals surface area contributed by atoms with E-state index in [-0.39, 0.29) is 35.1 Å². The van der Waals surface area contributed by atoms with Crippen LogP contribution >= 0.6 is 11.6 Å². The SMILES string of the molecule is C=C(C)C(=O)OC12CC3CC(CC(O)(C3)C1)C2.C=C(C)C(=O)OC12CC3CC(CC(OC(=O)CCl)(C3)C1)C2.C=C(C)C(=O)OC12CC3CC(CC(OC(=O)COC(=O)c4ccc(O)cc4)(C3)C1)C2. The van der Waals surface area contributed by atoms with E-state index in [0.29, 0.717) is 71.5 Å². The van der Waals surface area contributed by atoms with Gasteiger partial charge in [0.2, 0.25) is 0 Å². The lowest BCUT2D eigenvalue weighted by atomic mass is 9.52. The Morgan fingerprint density at radius 3 is 1.19 bits per heavy atom. The lowest BCUT2D eigenvalue weighted by Crippen LogP contribution is -2.62. The Balaban J connectivity index is 0.000000144. The number of esters is 6. The smallest absolute Gasteiger partial charge is 0.344 e. The monoisotopic (exact) mass is 962 g/mol. The van der Waals surface area contributed by atoms with Gasteiger partial charge in [0.1, 0.15) is 39.6 Å². The van der Waals surface area contributed by atoms with Crippen molar-refractivity contribution in [2.45, 2.75) is 170 Å². The summed E-state index contributed by atoms with van der Waals surface area (Å²) >= 11 is 5.58. The minimum absolute atomic E-state index is 0.0362. The fraction of sp³-hybridized carbons (Fsp3) is 0.660. The van der Waals surface area contributed by atoms with E-state index in [1.54, 1.807) is 20.8 Å². The molecule has 0 saturated heterocycles. The molecular formula is C53H67ClO14. The molecule has 12 saturated carbocycles. The van der Waals surface area contributed by atoms with Crippen molar-refractivity contribution in [2.24, 2.45) is 35.5 Å². The van der Waals surface area contributed by atoms with Crippen LogP contribution in [0.15, 0.2) is 60.7 Å². The molecule has 12 aliphatic carbocycles. The molecule has 15 heteroatoms. The molecule has 6 unspecified atom stereocenters. The zero-order valence-electron chi connectivity index (χ0n) is 39.7. The summed E-state index contributed by atoms with van der Waals surface area (Å²) in [6.45, 7) is 15.4. The lowest BCUT2D eigenvalue weighted by Gasteiger charge is -2.60. The lowest BCUT2D eigenvalue weighted by molar-refractivity contribution is -0.231. The summed E-state index contributed by atoms with van der Waals surface area (Å²) in [5, 5.41) is 19.8. The van der Waals surface area contributed by atoms with Gasteiger partial charge in [-0.2, -0.15) is 0 Å². The number of carbonyl (C=O) groups excluding carboxylic acids is 6. The highest BCUT2D eigenvalue weighted by atomic mass is 35.5. The van der Waals surface area contributed by atoms with Crippen LogP contribution in [0, 0.1) is 35.5 Å². The average molecular weight is 964 g/mol. The largest absolute Gasteiger partial charge is 0.508 e. The number of ether oxygens (including phenoxy) is 6. The molecule has 0 aromatic heterocycles. The van der Waals surface area contributed by atoms with Crippen LogP contribution < -0.4 is 0 Å². The number of hydrogen-bond donors (Lipinski definition) is 2. The van der Waals surface area contributed by atoms with Gasteiger partial charge >= 0.3 is 35.8 Å². The molecule has 1 aromatic carbocycles. The van der Waals surface area contributed by atoms with E-state index in [0.717, 1.165) is 89.9 Å². The van der Waals surface area contributed by atoms with Crippen molar-refractivity contribution in [2.75, 3.05) is 12.5 Å². The van der Waals surface area contributed by atoms with Crippen LogP contribution in [-0.4, -0.2) is 92.1 Å². The zero-order chi connectivity index (χ0) is 49.0. The van der Waals surface area contributed by atoms with Gasteiger partial charge in [-0.1, -0.05) is 19.7 Å². The highest BCUT2D eigenvalue weighted by Gasteiger charge is 2.63. The van der Waals surface area contributed by atoms with Crippen LogP contribution in [0.4, 0.5) is 0 Å². The molecule has 0 amide bonds. The minimum Gasteiger partial charge on any atom is -0.508 e. The number of phenols is 1. The number of alkyl halides is 1.